The Bertz CT molecular complexity index is 459. The van der Waals surface area contributed by atoms with Crippen LogP contribution >= 0.6 is 15.9 Å². The van der Waals surface area contributed by atoms with E-state index in [4.69, 9.17) is 4.74 Å². The maximum Gasteiger partial charge on any atom is 0.227 e. The molecule has 1 aliphatic heterocycles. The maximum atomic E-state index is 11.9. The second-order valence-corrected chi connectivity index (χ2v) is 4.88. The normalized spacial score (nSPS) is 19.5. The van der Waals surface area contributed by atoms with E-state index in [0.29, 0.717) is 13.0 Å². The second-order valence-electron chi connectivity index (χ2n) is 4.02. The minimum Gasteiger partial charge on any atom is -0.497 e. The average Bonchev–Trinajstić information content (AvgIpc) is 2.70. The number of ether oxygens (including phenoxy) is 1. The molecule has 17 heavy (non-hydrogen) atoms. The van der Waals surface area contributed by atoms with Gasteiger partial charge >= 0.3 is 0 Å². The van der Waals surface area contributed by atoms with Gasteiger partial charge in [0.05, 0.1) is 12.8 Å². The highest BCUT2D eigenvalue weighted by molar-refractivity contribution is 9.10. The highest BCUT2D eigenvalue weighted by Gasteiger charge is 2.29. The lowest BCUT2D eigenvalue weighted by Crippen LogP contribution is -2.24. The van der Waals surface area contributed by atoms with E-state index in [0.717, 1.165) is 15.9 Å². The molecule has 1 atom stereocenters. The van der Waals surface area contributed by atoms with Gasteiger partial charge in [-0.1, -0.05) is 6.08 Å². The number of benzene rings is 1. The molecule has 0 bridgehead atoms. The van der Waals surface area contributed by atoms with Gasteiger partial charge in [-0.15, -0.1) is 6.58 Å². The number of methoxy groups -OCH3 is 1. The van der Waals surface area contributed by atoms with Gasteiger partial charge in [0.1, 0.15) is 5.75 Å². The van der Waals surface area contributed by atoms with Crippen LogP contribution in [0.4, 0.5) is 5.69 Å². The molecule has 1 heterocycles. The molecule has 0 saturated carbocycles. The summed E-state index contributed by atoms with van der Waals surface area (Å²) in [5, 5.41) is 0. The van der Waals surface area contributed by atoms with Crippen molar-refractivity contribution in [3.8, 4) is 5.75 Å². The van der Waals surface area contributed by atoms with Gasteiger partial charge in [-0.2, -0.15) is 0 Å². The third-order valence-electron chi connectivity index (χ3n) is 2.93. The van der Waals surface area contributed by atoms with Crippen LogP contribution in [0.5, 0.6) is 5.75 Å². The average molecular weight is 296 g/mol. The van der Waals surface area contributed by atoms with Gasteiger partial charge in [0.15, 0.2) is 0 Å². The van der Waals surface area contributed by atoms with E-state index in [1.807, 2.05) is 24.3 Å². The highest BCUT2D eigenvalue weighted by atomic mass is 79.9. The molecule has 90 valence electrons. The molecule has 0 aliphatic carbocycles. The number of hydrogen-bond acceptors (Lipinski definition) is 2. The summed E-state index contributed by atoms with van der Waals surface area (Å²) in [6.07, 6.45) is 2.39. The summed E-state index contributed by atoms with van der Waals surface area (Å²) in [4.78, 5) is 13.7. The number of amides is 1. The summed E-state index contributed by atoms with van der Waals surface area (Å²) in [7, 11) is 1.62. The van der Waals surface area contributed by atoms with Gasteiger partial charge in [0, 0.05) is 23.4 Å². The van der Waals surface area contributed by atoms with Crippen molar-refractivity contribution in [3.05, 3.63) is 35.3 Å². The zero-order valence-corrected chi connectivity index (χ0v) is 11.2. The molecular weight excluding hydrogens is 282 g/mol. The standard InChI is InChI=1S/C13H14BrNO2/c1-3-9-6-13(16)15(8-9)12-5-4-10(17-2)7-11(12)14/h3-5,7,9H,1,6,8H2,2H3. The predicted octanol–water partition coefficient (Wildman–Crippen LogP) is 3.00. The van der Waals surface area contributed by atoms with Crippen LogP contribution in [0, 0.1) is 5.92 Å². The maximum absolute atomic E-state index is 11.9. The van der Waals surface area contributed by atoms with E-state index in [1.54, 1.807) is 12.0 Å². The first-order chi connectivity index (χ1) is 8.15. The van der Waals surface area contributed by atoms with Crippen LogP contribution in [0.2, 0.25) is 0 Å². The fraction of sp³-hybridized carbons (Fsp3) is 0.308. The molecule has 4 heteroatoms. The van der Waals surface area contributed by atoms with Crippen LogP contribution in [0.1, 0.15) is 6.42 Å². The van der Waals surface area contributed by atoms with E-state index in [9.17, 15) is 4.79 Å². The second kappa shape index (κ2) is 4.92. The molecule has 2 rings (SSSR count). The molecule has 1 aromatic rings. The SMILES string of the molecule is C=CC1CC(=O)N(c2ccc(OC)cc2Br)C1. The molecule has 0 radical (unpaired) electrons. The third-order valence-corrected chi connectivity index (χ3v) is 3.57. The number of carbonyl (C=O) groups is 1. The zero-order valence-electron chi connectivity index (χ0n) is 9.65. The van der Waals surface area contributed by atoms with Gasteiger partial charge in [0.25, 0.3) is 0 Å². The molecule has 1 amide bonds. The van der Waals surface area contributed by atoms with Crippen LogP contribution < -0.4 is 9.64 Å². The minimum atomic E-state index is 0.140. The number of halogens is 1. The van der Waals surface area contributed by atoms with Crippen LogP contribution in [0.3, 0.4) is 0 Å². The van der Waals surface area contributed by atoms with Gasteiger partial charge in [-0.25, -0.2) is 0 Å². The Morgan fingerprint density at radius 3 is 2.88 bits per heavy atom. The molecular formula is C13H14BrNO2. The lowest BCUT2D eigenvalue weighted by molar-refractivity contribution is -0.117. The first kappa shape index (κ1) is 12.2. The Labute approximate surface area is 109 Å². The lowest BCUT2D eigenvalue weighted by Gasteiger charge is -2.18. The van der Waals surface area contributed by atoms with Gasteiger partial charge in [-0.05, 0) is 34.1 Å². The van der Waals surface area contributed by atoms with Crippen molar-refractivity contribution in [1.82, 2.24) is 0 Å². The summed E-state index contributed by atoms with van der Waals surface area (Å²) in [6, 6.07) is 5.62. The van der Waals surface area contributed by atoms with Crippen LogP contribution in [0.25, 0.3) is 0 Å². The fourth-order valence-corrected chi connectivity index (χ4v) is 2.53. The third kappa shape index (κ3) is 2.36. The van der Waals surface area contributed by atoms with Crippen molar-refractivity contribution in [2.45, 2.75) is 6.42 Å². The summed E-state index contributed by atoms with van der Waals surface area (Å²) in [5.74, 6) is 1.16. The molecule has 0 N–H and O–H groups in total. The van der Waals surface area contributed by atoms with Crippen LogP contribution in [-0.4, -0.2) is 19.6 Å². The molecule has 3 nitrogen and oxygen atoms in total. The van der Waals surface area contributed by atoms with E-state index >= 15 is 0 Å². The molecule has 1 aromatic carbocycles. The Kier molecular flexibility index (Phi) is 3.52. The van der Waals surface area contributed by atoms with Crippen molar-refractivity contribution in [2.24, 2.45) is 5.92 Å². The molecule has 1 fully saturated rings. The molecule has 1 aliphatic rings. The fourth-order valence-electron chi connectivity index (χ4n) is 1.96. The monoisotopic (exact) mass is 295 g/mol. The van der Waals surface area contributed by atoms with Crippen molar-refractivity contribution >= 4 is 27.5 Å². The lowest BCUT2D eigenvalue weighted by atomic mass is 10.1. The van der Waals surface area contributed by atoms with Gasteiger partial charge in [-0.3, -0.25) is 4.79 Å². The van der Waals surface area contributed by atoms with Crippen molar-refractivity contribution in [3.63, 3.8) is 0 Å². The Balaban J connectivity index is 2.28. The Morgan fingerprint density at radius 2 is 2.35 bits per heavy atom. The van der Waals surface area contributed by atoms with Crippen molar-refractivity contribution in [1.29, 1.82) is 0 Å². The van der Waals surface area contributed by atoms with Crippen molar-refractivity contribution in [2.75, 3.05) is 18.6 Å². The number of anilines is 1. The smallest absolute Gasteiger partial charge is 0.227 e. The first-order valence-electron chi connectivity index (χ1n) is 5.42. The minimum absolute atomic E-state index is 0.140. The summed E-state index contributed by atoms with van der Waals surface area (Å²) < 4.78 is 6.00. The van der Waals surface area contributed by atoms with Crippen molar-refractivity contribution < 1.29 is 9.53 Å². The molecule has 0 spiro atoms. The topological polar surface area (TPSA) is 29.5 Å². The highest BCUT2D eigenvalue weighted by Crippen LogP contribution is 2.34. The summed E-state index contributed by atoms with van der Waals surface area (Å²) in [5.41, 5.74) is 0.889. The van der Waals surface area contributed by atoms with Gasteiger partial charge in [0.2, 0.25) is 5.91 Å². The quantitative estimate of drug-likeness (QED) is 0.803. The Morgan fingerprint density at radius 1 is 1.59 bits per heavy atom. The number of hydrogen-bond donors (Lipinski definition) is 0. The predicted molar refractivity (Wildman–Crippen MR) is 71.4 cm³/mol. The van der Waals surface area contributed by atoms with E-state index in [1.165, 1.54) is 0 Å². The first-order valence-corrected chi connectivity index (χ1v) is 6.21. The largest absolute Gasteiger partial charge is 0.497 e. The van der Waals surface area contributed by atoms with Crippen LogP contribution in [0.15, 0.2) is 35.3 Å². The van der Waals surface area contributed by atoms with Crippen LogP contribution in [-0.2, 0) is 4.79 Å². The summed E-state index contributed by atoms with van der Waals surface area (Å²) >= 11 is 3.47. The zero-order chi connectivity index (χ0) is 12.4. The Hall–Kier alpha value is -1.29. The molecule has 0 aromatic heterocycles. The van der Waals surface area contributed by atoms with Gasteiger partial charge < -0.3 is 9.64 Å². The number of carbonyl (C=O) groups excluding carboxylic acids is 1. The van der Waals surface area contributed by atoms with E-state index < -0.39 is 0 Å². The summed E-state index contributed by atoms with van der Waals surface area (Å²) in [6.45, 7) is 4.45. The number of rotatable bonds is 3. The number of nitrogens with zero attached hydrogens (tertiary/aromatic N) is 1. The molecule has 1 saturated heterocycles. The van der Waals surface area contributed by atoms with E-state index in [-0.39, 0.29) is 11.8 Å². The molecule has 1 unspecified atom stereocenters. The van der Waals surface area contributed by atoms with E-state index in [2.05, 4.69) is 22.5 Å².